The molecule has 3 heteroatoms. The van der Waals surface area contributed by atoms with Crippen molar-refractivity contribution < 1.29 is 4.79 Å². The Morgan fingerprint density at radius 3 is 2.60 bits per heavy atom. The zero-order valence-electron chi connectivity index (χ0n) is 8.88. The molecule has 1 fully saturated rings. The first-order chi connectivity index (χ1) is 7.13. The maximum absolute atomic E-state index is 12.3. The average Bonchev–Trinajstić information content (AvgIpc) is 2.64. The molecule has 2 rings (SSSR count). The average molecular weight is 243 g/mol. The van der Waals surface area contributed by atoms with E-state index >= 15 is 0 Å². The van der Waals surface area contributed by atoms with E-state index in [0.717, 1.165) is 17.7 Å². The second-order valence-corrected chi connectivity index (χ2v) is 5.87. The van der Waals surface area contributed by atoms with Gasteiger partial charge in [0.1, 0.15) is 0 Å². The third-order valence-corrected chi connectivity index (χ3v) is 4.67. The van der Waals surface area contributed by atoms with Crippen LogP contribution in [-0.4, -0.2) is 5.78 Å². The van der Waals surface area contributed by atoms with Crippen molar-refractivity contribution in [1.29, 1.82) is 0 Å². The summed E-state index contributed by atoms with van der Waals surface area (Å²) in [6.45, 7) is 2.09. The van der Waals surface area contributed by atoms with E-state index in [4.69, 9.17) is 11.6 Å². The minimum Gasteiger partial charge on any atom is -0.293 e. The molecule has 0 N–H and O–H groups in total. The van der Waals surface area contributed by atoms with E-state index < -0.39 is 0 Å². The maximum atomic E-state index is 12.3. The highest BCUT2D eigenvalue weighted by molar-refractivity contribution is 7.12. The lowest BCUT2D eigenvalue weighted by molar-refractivity contribution is 0.0754. The molecule has 0 amide bonds. The van der Waals surface area contributed by atoms with Crippen LogP contribution < -0.4 is 0 Å². The minimum atomic E-state index is -0.160. The van der Waals surface area contributed by atoms with Crippen LogP contribution in [0.5, 0.6) is 0 Å². The van der Waals surface area contributed by atoms with Crippen LogP contribution in [0.1, 0.15) is 48.7 Å². The predicted molar refractivity (Wildman–Crippen MR) is 64.9 cm³/mol. The Bertz CT molecular complexity index is 363. The molecule has 15 heavy (non-hydrogen) atoms. The highest BCUT2D eigenvalue weighted by Gasteiger charge is 2.36. The largest absolute Gasteiger partial charge is 0.293 e. The molecule has 0 aliphatic heterocycles. The molecule has 1 saturated carbocycles. The second-order valence-electron chi connectivity index (χ2n) is 4.55. The lowest BCUT2D eigenvalue weighted by Gasteiger charge is -2.31. The quantitative estimate of drug-likeness (QED) is 0.695. The number of ketones is 1. The number of halogens is 1. The number of carbonyl (C=O) groups excluding carboxylic acids is 1. The number of hydrogen-bond acceptors (Lipinski definition) is 2. The van der Waals surface area contributed by atoms with Gasteiger partial charge in [-0.3, -0.25) is 4.79 Å². The number of thiophene rings is 1. The first-order valence-corrected chi connectivity index (χ1v) is 6.67. The summed E-state index contributed by atoms with van der Waals surface area (Å²) < 4.78 is 0. The Morgan fingerprint density at radius 1 is 1.40 bits per heavy atom. The Balaban J connectivity index is 2.23. The molecule has 1 aliphatic carbocycles. The summed E-state index contributed by atoms with van der Waals surface area (Å²) in [5, 5.41) is 2.51. The molecular weight excluding hydrogens is 228 g/mol. The number of hydrogen-bond donors (Lipinski definition) is 0. The summed E-state index contributed by atoms with van der Waals surface area (Å²) in [6.07, 6.45) is 5.64. The van der Waals surface area contributed by atoms with Crippen LogP contribution in [0.3, 0.4) is 0 Å². The van der Waals surface area contributed by atoms with E-state index in [9.17, 15) is 4.79 Å². The SMILES string of the molecule is CC1(C(=O)c2sccc2Cl)CCCCC1. The van der Waals surface area contributed by atoms with Gasteiger partial charge in [-0.2, -0.15) is 0 Å². The first-order valence-electron chi connectivity index (χ1n) is 5.41. The fourth-order valence-corrected chi connectivity index (χ4v) is 3.52. The Labute approximate surface area is 99.5 Å². The molecule has 1 heterocycles. The van der Waals surface area contributed by atoms with E-state index in [0.29, 0.717) is 5.02 Å². The molecule has 0 unspecified atom stereocenters. The summed E-state index contributed by atoms with van der Waals surface area (Å²) in [5.74, 6) is 0.252. The normalized spacial score (nSPS) is 20.1. The van der Waals surface area contributed by atoms with Crippen LogP contribution in [0.15, 0.2) is 11.4 Å². The lowest BCUT2D eigenvalue weighted by Crippen LogP contribution is -2.29. The smallest absolute Gasteiger partial charge is 0.180 e. The van der Waals surface area contributed by atoms with Gasteiger partial charge in [0.25, 0.3) is 0 Å². The highest BCUT2D eigenvalue weighted by Crippen LogP contribution is 2.40. The van der Waals surface area contributed by atoms with Crippen LogP contribution in [0.2, 0.25) is 5.02 Å². The molecule has 0 spiro atoms. The van der Waals surface area contributed by atoms with E-state index in [-0.39, 0.29) is 11.2 Å². The maximum Gasteiger partial charge on any atom is 0.180 e. The molecule has 0 bridgehead atoms. The lowest BCUT2D eigenvalue weighted by atomic mass is 9.72. The third kappa shape index (κ3) is 2.11. The van der Waals surface area contributed by atoms with Gasteiger partial charge in [-0.25, -0.2) is 0 Å². The van der Waals surface area contributed by atoms with Gasteiger partial charge >= 0.3 is 0 Å². The van der Waals surface area contributed by atoms with Crippen LogP contribution in [0.4, 0.5) is 0 Å². The Hall–Kier alpha value is -0.340. The Kier molecular flexibility index (Phi) is 3.17. The topological polar surface area (TPSA) is 17.1 Å². The van der Waals surface area contributed by atoms with Crippen molar-refractivity contribution in [1.82, 2.24) is 0 Å². The van der Waals surface area contributed by atoms with Gasteiger partial charge in [-0.05, 0) is 24.3 Å². The number of Topliss-reactive ketones (excluding diaryl/α,β-unsaturated/α-hetero) is 1. The number of rotatable bonds is 2. The van der Waals surface area contributed by atoms with Crippen molar-refractivity contribution in [3.63, 3.8) is 0 Å². The fraction of sp³-hybridized carbons (Fsp3) is 0.583. The van der Waals surface area contributed by atoms with Crippen LogP contribution in [0, 0.1) is 5.41 Å². The van der Waals surface area contributed by atoms with Crippen molar-refractivity contribution in [2.75, 3.05) is 0 Å². The highest BCUT2D eigenvalue weighted by atomic mass is 35.5. The van der Waals surface area contributed by atoms with Gasteiger partial charge in [-0.1, -0.05) is 37.8 Å². The van der Waals surface area contributed by atoms with E-state index in [1.165, 1.54) is 30.6 Å². The van der Waals surface area contributed by atoms with Crippen molar-refractivity contribution >= 4 is 28.7 Å². The van der Waals surface area contributed by atoms with Crippen LogP contribution in [-0.2, 0) is 0 Å². The van der Waals surface area contributed by atoms with Crippen LogP contribution in [0.25, 0.3) is 0 Å². The monoisotopic (exact) mass is 242 g/mol. The zero-order chi connectivity index (χ0) is 10.9. The minimum absolute atomic E-state index is 0.160. The molecule has 0 saturated heterocycles. The van der Waals surface area contributed by atoms with Crippen molar-refractivity contribution in [2.24, 2.45) is 5.41 Å². The van der Waals surface area contributed by atoms with Gasteiger partial charge in [-0.15, -0.1) is 11.3 Å². The summed E-state index contributed by atoms with van der Waals surface area (Å²) in [5.41, 5.74) is -0.160. The van der Waals surface area contributed by atoms with Gasteiger partial charge in [0, 0.05) is 5.41 Å². The molecule has 1 nitrogen and oxygen atoms in total. The van der Waals surface area contributed by atoms with Crippen molar-refractivity contribution in [3.8, 4) is 0 Å². The molecule has 1 aromatic rings. The van der Waals surface area contributed by atoms with Gasteiger partial charge in [0.15, 0.2) is 5.78 Å². The molecule has 82 valence electrons. The molecule has 0 aromatic carbocycles. The molecule has 1 aliphatic rings. The standard InChI is InChI=1S/C12H15ClOS/c1-12(6-3-2-4-7-12)11(14)10-9(13)5-8-15-10/h5,8H,2-4,6-7H2,1H3. The molecule has 0 radical (unpaired) electrons. The summed E-state index contributed by atoms with van der Waals surface area (Å²) in [4.78, 5) is 13.1. The van der Waals surface area contributed by atoms with E-state index in [2.05, 4.69) is 6.92 Å². The summed E-state index contributed by atoms with van der Waals surface area (Å²) in [7, 11) is 0. The second kappa shape index (κ2) is 4.26. The Morgan fingerprint density at radius 2 is 2.07 bits per heavy atom. The predicted octanol–water partition coefficient (Wildman–Crippen LogP) is 4.55. The third-order valence-electron chi connectivity index (χ3n) is 3.33. The molecule has 0 atom stereocenters. The van der Waals surface area contributed by atoms with Crippen molar-refractivity contribution in [2.45, 2.75) is 39.0 Å². The summed E-state index contributed by atoms with van der Waals surface area (Å²) >= 11 is 7.47. The van der Waals surface area contributed by atoms with Gasteiger partial charge < -0.3 is 0 Å². The van der Waals surface area contributed by atoms with Crippen LogP contribution >= 0.6 is 22.9 Å². The van der Waals surface area contributed by atoms with Gasteiger partial charge in [0.05, 0.1) is 9.90 Å². The first kappa shape index (κ1) is 11.2. The zero-order valence-corrected chi connectivity index (χ0v) is 10.5. The number of carbonyl (C=O) groups is 1. The molecule has 1 aromatic heterocycles. The van der Waals surface area contributed by atoms with E-state index in [1.54, 1.807) is 0 Å². The fourth-order valence-electron chi connectivity index (χ4n) is 2.29. The van der Waals surface area contributed by atoms with Gasteiger partial charge in [0.2, 0.25) is 0 Å². The molecular formula is C12H15ClOS. The van der Waals surface area contributed by atoms with Crippen molar-refractivity contribution in [3.05, 3.63) is 21.3 Å². The van der Waals surface area contributed by atoms with E-state index in [1.807, 2.05) is 11.4 Å². The summed E-state index contributed by atoms with van der Waals surface area (Å²) in [6, 6.07) is 1.81.